The van der Waals surface area contributed by atoms with Gasteiger partial charge in [0.05, 0.1) is 11.0 Å². The summed E-state index contributed by atoms with van der Waals surface area (Å²) in [7, 11) is 0. The van der Waals surface area contributed by atoms with Crippen molar-refractivity contribution in [3.63, 3.8) is 0 Å². The van der Waals surface area contributed by atoms with E-state index in [1.54, 1.807) is 0 Å². The van der Waals surface area contributed by atoms with Gasteiger partial charge in [-0.1, -0.05) is 123 Å². The number of para-hydroxylation sites is 1. The molecule has 0 fully saturated rings. The summed E-state index contributed by atoms with van der Waals surface area (Å²) in [6, 6.07) is 40.5. The first-order valence-electron chi connectivity index (χ1n) is 16.9. The minimum Gasteiger partial charge on any atom is -0.485 e. The molecular formula is C44H32N4O. The Morgan fingerprint density at radius 3 is 2.00 bits per heavy atom. The molecule has 2 aliphatic carbocycles. The smallest absolute Gasteiger partial charge is 0.238 e. The Labute approximate surface area is 284 Å². The van der Waals surface area contributed by atoms with Crippen LogP contribution >= 0.6 is 0 Å². The van der Waals surface area contributed by atoms with Gasteiger partial charge in [-0.25, -0.2) is 4.98 Å². The number of nitrogens with zero attached hydrogens (tertiary/aromatic N) is 4. The Kier molecular flexibility index (Phi) is 5.98. The second-order valence-corrected chi connectivity index (χ2v) is 13.6. The molecule has 3 heterocycles. The highest BCUT2D eigenvalue weighted by atomic mass is 16.5. The number of benzene rings is 5. The van der Waals surface area contributed by atoms with E-state index in [1.165, 1.54) is 33.0 Å². The summed E-state index contributed by atoms with van der Waals surface area (Å²) in [4.78, 5) is 15.2. The van der Waals surface area contributed by atoms with Crippen LogP contribution in [0.2, 0.25) is 0 Å². The summed E-state index contributed by atoms with van der Waals surface area (Å²) in [5.41, 5.74) is 10.1. The van der Waals surface area contributed by atoms with Crippen LogP contribution in [0.25, 0.3) is 67.4 Å². The van der Waals surface area contributed by atoms with Crippen LogP contribution in [0.5, 0.6) is 0 Å². The van der Waals surface area contributed by atoms with Gasteiger partial charge in [0, 0.05) is 38.8 Å². The van der Waals surface area contributed by atoms with Crippen molar-refractivity contribution in [1.82, 2.24) is 19.5 Å². The summed E-state index contributed by atoms with van der Waals surface area (Å²) < 4.78 is 8.62. The number of rotatable bonds is 4. The van der Waals surface area contributed by atoms with Crippen LogP contribution in [0.15, 0.2) is 146 Å². The van der Waals surface area contributed by atoms with Crippen LogP contribution in [0.4, 0.5) is 0 Å². The van der Waals surface area contributed by atoms with Gasteiger partial charge in [0.1, 0.15) is 11.9 Å². The summed E-state index contributed by atoms with van der Waals surface area (Å²) >= 11 is 0. The van der Waals surface area contributed by atoms with Crippen LogP contribution in [0.1, 0.15) is 30.5 Å². The molecule has 5 aromatic carbocycles. The molecular weight excluding hydrogens is 601 g/mol. The third kappa shape index (κ3) is 4.28. The van der Waals surface area contributed by atoms with Crippen molar-refractivity contribution in [2.45, 2.75) is 25.4 Å². The number of aromatic nitrogens is 4. The first-order chi connectivity index (χ1) is 24.0. The average molecular weight is 633 g/mol. The van der Waals surface area contributed by atoms with Crippen molar-refractivity contribution < 1.29 is 4.74 Å². The third-order valence-corrected chi connectivity index (χ3v) is 10.4. The van der Waals surface area contributed by atoms with Crippen LogP contribution in [-0.4, -0.2) is 25.6 Å². The van der Waals surface area contributed by atoms with Crippen LogP contribution < -0.4 is 0 Å². The average Bonchev–Trinajstić information content (AvgIpc) is 3.80. The standard InChI is InChI=1S/C44H32N4O/c1-44(2)35-23-30(40-24-29-17-9-12-20-39(29)49-40)21-22-31(35)33-25-34-32-18-10-11-19-37(32)48(38(34)26-36(33)44)43-46-41(27-13-5-3-6-14-27)45-42(47-43)28-15-7-4-8-16-28/h3-26,29,39H,1-2H3. The van der Waals surface area contributed by atoms with Gasteiger partial charge in [-0.2, -0.15) is 9.97 Å². The molecule has 10 rings (SSSR count). The van der Waals surface area contributed by atoms with Crippen molar-refractivity contribution in [3.8, 4) is 39.9 Å². The molecule has 0 radical (unpaired) electrons. The Morgan fingerprint density at radius 1 is 0.592 bits per heavy atom. The fourth-order valence-corrected chi connectivity index (χ4v) is 7.86. The molecule has 0 amide bonds. The lowest BCUT2D eigenvalue weighted by molar-refractivity contribution is 0.213. The number of hydrogen-bond donors (Lipinski definition) is 0. The van der Waals surface area contributed by atoms with E-state index in [0.29, 0.717) is 17.6 Å². The third-order valence-electron chi connectivity index (χ3n) is 10.4. The Hall–Kier alpha value is -6.07. The molecule has 2 unspecified atom stereocenters. The molecule has 2 aromatic heterocycles. The van der Waals surface area contributed by atoms with E-state index >= 15 is 0 Å². The molecule has 234 valence electrons. The zero-order chi connectivity index (χ0) is 32.7. The van der Waals surface area contributed by atoms with Gasteiger partial charge in [0.25, 0.3) is 0 Å². The van der Waals surface area contributed by atoms with Gasteiger partial charge in [0.15, 0.2) is 11.6 Å². The quantitative estimate of drug-likeness (QED) is 0.194. The maximum atomic E-state index is 6.40. The summed E-state index contributed by atoms with van der Waals surface area (Å²) in [5.74, 6) is 3.14. The maximum absolute atomic E-state index is 6.40. The van der Waals surface area contributed by atoms with Crippen molar-refractivity contribution >= 4 is 27.6 Å². The summed E-state index contributed by atoms with van der Waals surface area (Å²) in [6.07, 6.45) is 10.9. The lowest BCUT2D eigenvalue weighted by Gasteiger charge is -2.22. The number of fused-ring (bicyclic) bond motifs is 7. The van der Waals surface area contributed by atoms with Gasteiger partial charge in [-0.05, 0) is 58.7 Å². The molecule has 7 aromatic rings. The molecule has 0 N–H and O–H groups in total. The SMILES string of the molecule is CC1(C)c2cc(C3=CC4C=CC=CC4O3)ccc2-c2cc3c4ccccc4n(-c4nc(-c5ccccc5)nc(-c5ccccc5)n4)c3cc21. The van der Waals surface area contributed by atoms with E-state index in [-0.39, 0.29) is 17.4 Å². The second-order valence-electron chi connectivity index (χ2n) is 13.6. The minimum absolute atomic E-state index is 0.0766. The molecule has 3 aliphatic rings. The van der Waals surface area contributed by atoms with Crippen molar-refractivity contribution in [1.29, 1.82) is 0 Å². The van der Waals surface area contributed by atoms with Crippen molar-refractivity contribution in [2.24, 2.45) is 5.92 Å². The summed E-state index contributed by atoms with van der Waals surface area (Å²) in [5, 5.41) is 2.34. The normalized spacial score (nSPS) is 18.3. The van der Waals surface area contributed by atoms with Gasteiger partial charge < -0.3 is 4.74 Å². The van der Waals surface area contributed by atoms with Crippen LogP contribution in [-0.2, 0) is 10.2 Å². The Morgan fingerprint density at radius 2 is 1.27 bits per heavy atom. The highest BCUT2D eigenvalue weighted by Crippen LogP contribution is 2.52. The largest absolute Gasteiger partial charge is 0.485 e. The highest BCUT2D eigenvalue weighted by Gasteiger charge is 2.38. The Balaban J connectivity index is 1.17. The van der Waals surface area contributed by atoms with E-state index in [1.807, 2.05) is 36.4 Å². The van der Waals surface area contributed by atoms with Crippen LogP contribution in [0, 0.1) is 5.92 Å². The van der Waals surface area contributed by atoms with E-state index in [9.17, 15) is 0 Å². The maximum Gasteiger partial charge on any atom is 0.238 e. The zero-order valence-corrected chi connectivity index (χ0v) is 27.2. The molecule has 5 heteroatoms. The van der Waals surface area contributed by atoms with E-state index in [2.05, 4.69) is 128 Å². The first-order valence-corrected chi connectivity index (χ1v) is 16.9. The van der Waals surface area contributed by atoms with Gasteiger partial charge in [-0.3, -0.25) is 4.57 Å². The molecule has 0 spiro atoms. The second kappa shape index (κ2) is 10.5. The monoisotopic (exact) mass is 632 g/mol. The molecule has 1 aliphatic heterocycles. The molecule has 49 heavy (non-hydrogen) atoms. The van der Waals surface area contributed by atoms with Gasteiger partial charge in [0.2, 0.25) is 5.95 Å². The topological polar surface area (TPSA) is 52.8 Å². The van der Waals surface area contributed by atoms with Crippen molar-refractivity contribution in [3.05, 3.63) is 162 Å². The lowest BCUT2D eigenvalue weighted by Crippen LogP contribution is -2.15. The fourth-order valence-electron chi connectivity index (χ4n) is 7.86. The first kappa shape index (κ1) is 28.0. The van der Waals surface area contributed by atoms with E-state index < -0.39 is 0 Å². The molecule has 0 saturated carbocycles. The number of allylic oxidation sites excluding steroid dienone is 2. The van der Waals surface area contributed by atoms with E-state index in [4.69, 9.17) is 19.7 Å². The molecule has 0 saturated heterocycles. The minimum atomic E-state index is -0.231. The number of hydrogen-bond acceptors (Lipinski definition) is 4. The molecule has 5 nitrogen and oxygen atoms in total. The summed E-state index contributed by atoms with van der Waals surface area (Å²) in [6.45, 7) is 4.67. The van der Waals surface area contributed by atoms with Crippen LogP contribution in [0.3, 0.4) is 0 Å². The zero-order valence-electron chi connectivity index (χ0n) is 27.2. The van der Waals surface area contributed by atoms with Gasteiger partial charge >= 0.3 is 0 Å². The molecule has 0 bridgehead atoms. The predicted octanol–water partition coefficient (Wildman–Crippen LogP) is 10.1. The Bertz CT molecular complexity index is 2500. The predicted molar refractivity (Wildman–Crippen MR) is 197 cm³/mol. The van der Waals surface area contributed by atoms with Gasteiger partial charge in [-0.15, -0.1) is 0 Å². The lowest BCUT2D eigenvalue weighted by atomic mass is 9.81. The van der Waals surface area contributed by atoms with E-state index in [0.717, 1.165) is 33.5 Å². The highest BCUT2D eigenvalue weighted by molar-refractivity contribution is 6.11. The molecule has 2 atom stereocenters. The van der Waals surface area contributed by atoms with Crippen molar-refractivity contribution in [2.75, 3.05) is 0 Å². The fraction of sp³-hybridized carbons (Fsp3) is 0.114. The number of ether oxygens (including phenoxy) is 1.